The van der Waals surface area contributed by atoms with Crippen LogP contribution in [0.4, 0.5) is 0 Å². The molecule has 5 rings (SSSR count). The number of fused-ring (bicyclic) bond motifs is 3. The van der Waals surface area contributed by atoms with E-state index in [1.165, 1.54) is 51.8 Å². The number of carbonyl (C=O) groups excluding carboxylic acids is 2. The number of carbonyl (C=O) groups is 2. The number of para-hydroxylation sites is 2. The number of hydrogen-bond donors (Lipinski definition) is 1. The maximum Gasteiger partial charge on any atom is 0.339 e. The molecule has 2 fully saturated rings. The van der Waals surface area contributed by atoms with E-state index >= 15 is 0 Å². The van der Waals surface area contributed by atoms with Gasteiger partial charge in [0.2, 0.25) is 0 Å². The lowest BCUT2D eigenvalue weighted by Crippen LogP contribution is -2.49. The number of rotatable bonds is 12. The van der Waals surface area contributed by atoms with Crippen LogP contribution >= 0.6 is 0 Å². The van der Waals surface area contributed by atoms with Crippen LogP contribution in [0.3, 0.4) is 0 Å². The van der Waals surface area contributed by atoms with Crippen molar-refractivity contribution < 1.29 is 14.3 Å². The first-order valence-corrected chi connectivity index (χ1v) is 15.5. The Kier molecular flexibility index (Phi) is 9.67. The van der Waals surface area contributed by atoms with E-state index in [9.17, 15) is 14.4 Å². The molecule has 0 saturated carbocycles. The summed E-state index contributed by atoms with van der Waals surface area (Å²) in [7, 11) is 1.31. The summed E-state index contributed by atoms with van der Waals surface area (Å²) in [6, 6.07) is 12.3. The van der Waals surface area contributed by atoms with Crippen molar-refractivity contribution in [2.45, 2.75) is 109 Å². The standard InChI is InChI=1S/C33H43N5O4/c1-4-5-6-7-8-11-22(2)37-25-16-17-26(37)19-27(18-25)38-29-13-10-9-12-28(29)36-30(32(38)40)31(39)35-21-24-15-14-23(20-34-24)33(41)42-3/h9-10,12-15,20,22,25-27H,4-8,11,16-19,21H2,1-3H3,(H,35,39)/t22?,25-,26+,27?. The van der Waals surface area contributed by atoms with Gasteiger partial charge in [-0.25, -0.2) is 9.78 Å². The van der Waals surface area contributed by atoms with Gasteiger partial charge in [0.15, 0.2) is 5.69 Å². The second-order valence-corrected chi connectivity index (χ2v) is 11.8. The first kappa shape index (κ1) is 29.9. The van der Waals surface area contributed by atoms with Crippen molar-refractivity contribution in [1.82, 2.24) is 24.8 Å². The van der Waals surface area contributed by atoms with Gasteiger partial charge in [0.25, 0.3) is 11.5 Å². The molecule has 2 aliphatic heterocycles. The molecule has 2 unspecified atom stereocenters. The first-order valence-electron chi connectivity index (χ1n) is 15.5. The summed E-state index contributed by atoms with van der Waals surface area (Å²) in [6.07, 6.45) is 13.3. The van der Waals surface area contributed by atoms with Crippen molar-refractivity contribution in [2.24, 2.45) is 0 Å². The minimum absolute atomic E-state index is 0.0231. The van der Waals surface area contributed by atoms with Crippen molar-refractivity contribution in [1.29, 1.82) is 0 Å². The van der Waals surface area contributed by atoms with Crippen molar-refractivity contribution >= 4 is 22.9 Å². The molecule has 1 amide bonds. The number of aromatic nitrogens is 3. The van der Waals surface area contributed by atoms with Crippen molar-refractivity contribution in [3.63, 3.8) is 0 Å². The summed E-state index contributed by atoms with van der Waals surface area (Å²) in [5, 5.41) is 2.80. The molecule has 224 valence electrons. The number of pyridine rings is 1. The van der Waals surface area contributed by atoms with Gasteiger partial charge >= 0.3 is 5.97 Å². The SMILES string of the molecule is CCCCCCCC(C)N1[C@@H]2CC[C@H]1CC(n1c(=O)c(C(=O)NCc3ccc(C(=O)OC)cn3)nc3ccccc31)C2. The first-order chi connectivity index (χ1) is 20.4. The van der Waals surface area contributed by atoms with Gasteiger partial charge in [-0.15, -0.1) is 0 Å². The van der Waals surface area contributed by atoms with Crippen LogP contribution in [0.15, 0.2) is 47.4 Å². The Hall–Kier alpha value is -3.59. The molecule has 9 nitrogen and oxygen atoms in total. The van der Waals surface area contributed by atoms with E-state index in [-0.39, 0.29) is 23.8 Å². The number of hydrogen-bond acceptors (Lipinski definition) is 7. The van der Waals surface area contributed by atoms with E-state index < -0.39 is 11.9 Å². The number of benzene rings is 1. The Labute approximate surface area is 247 Å². The number of nitrogens with zero attached hydrogens (tertiary/aromatic N) is 4. The molecule has 9 heteroatoms. The highest BCUT2D eigenvalue weighted by Crippen LogP contribution is 2.43. The Bertz CT molecular complexity index is 1440. The smallest absolute Gasteiger partial charge is 0.339 e. The van der Waals surface area contributed by atoms with Crippen LogP contribution in [0.25, 0.3) is 11.0 Å². The van der Waals surface area contributed by atoms with Crippen LogP contribution in [0.5, 0.6) is 0 Å². The van der Waals surface area contributed by atoms with Crippen LogP contribution in [-0.4, -0.2) is 56.5 Å². The van der Waals surface area contributed by atoms with Gasteiger partial charge in [-0.05, 0) is 63.3 Å². The molecule has 3 aromatic rings. The summed E-state index contributed by atoms with van der Waals surface area (Å²) < 4.78 is 6.55. The maximum absolute atomic E-state index is 13.9. The van der Waals surface area contributed by atoms with Crippen molar-refractivity contribution in [3.8, 4) is 0 Å². The molecule has 0 spiro atoms. The summed E-state index contributed by atoms with van der Waals surface area (Å²) >= 11 is 0. The molecule has 2 aliphatic rings. The number of amides is 1. The minimum atomic E-state index is -0.532. The van der Waals surface area contributed by atoms with Crippen LogP contribution in [0.1, 0.15) is 111 Å². The van der Waals surface area contributed by atoms with Crippen molar-refractivity contribution in [3.05, 3.63) is 69.9 Å². The van der Waals surface area contributed by atoms with Crippen LogP contribution < -0.4 is 10.9 Å². The molecule has 4 heterocycles. The number of methoxy groups -OCH3 is 1. The number of piperidine rings is 1. The zero-order valence-corrected chi connectivity index (χ0v) is 25.1. The molecule has 1 aromatic carbocycles. The molecule has 2 aromatic heterocycles. The topological polar surface area (TPSA) is 106 Å². The lowest BCUT2D eigenvalue weighted by Gasteiger charge is -2.43. The molecule has 4 atom stereocenters. The van der Waals surface area contributed by atoms with Crippen molar-refractivity contribution in [2.75, 3.05) is 7.11 Å². The van der Waals surface area contributed by atoms with Gasteiger partial charge in [0, 0.05) is 30.4 Å². The second-order valence-electron chi connectivity index (χ2n) is 11.8. The van der Waals surface area contributed by atoms with Gasteiger partial charge < -0.3 is 14.6 Å². The predicted octanol–water partition coefficient (Wildman–Crippen LogP) is 5.43. The summed E-state index contributed by atoms with van der Waals surface area (Å²) in [6.45, 7) is 4.73. The monoisotopic (exact) mass is 573 g/mol. The fourth-order valence-corrected chi connectivity index (χ4v) is 6.99. The Morgan fingerprint density at radius 3 is 2.45 bits per heavy atom. The zero-order chi connectivity index (χ0) is 29.6. The van der Waals surface area contributed by atoms with Gasteiger partial charge in [-0.1, -0.05) is 51.2 Å². The molecule has 2 saturated heterocycles. The molecule has 1 N–H and O–H groups in total. The molecule has 0 aliphatic carbocycles. The number of ether oxygens (including phenoxy) is 1. The third-order valence-electron chi connectivity index (χ3n) is 9.05. The van der Waals surface area contributed by atoms with E-state index in [1.807, 2.05) is 28.8 Å². The second kappa shape index (κ2) is 13.6. The average Bonchev–Trinajstić information content (AvgIpc) is 3.28. The Balaban J connectivity index is 1.32. The summed E-state index contributed by atoms with van der Waals surface area (Å²) in [5.41, 5.74) is 1.85. The zero-order valence-electron chi connectivity index (χ0n) is 25.1. The van der Waals surface area contributed by atoms with E-state index in [0.717, 1.165) is 31.2 Å². The molecular weight excluding hydrogens is 530 g/mol. The normalized spacial score (nSPS) is 20.9. The lowest BCUT2D eigenvalue weighted by molar-refractivity contribution is 0.0599. The molecular formula is C33H43N5O4. The van der Waals surface area contributed by atoms with Crippen LogP contribution in [0.2, 0.25) is 0 Å². The lowest BCUT2D eigenvalue weighted by atomic mass is 9.93. The molecule has 2 bridgehead atoms. The van der Waals surface area contributed by atoms with Gasteiger partial charge in [0.1, 0.15) is 0 Å². The molecule has 0 radical (unpaired) electrons. The third-order valence-corrected chi connectivity index (χ3v) is 9.05. The highest BCUT2D eigenvalue weighted by atomic mass is 16.5. The van der Waals surface area contributed by atoms with Crippen LogP contribution in [-0.2, 0) is 11.3 Å². The van der Waals surface area contributed by atoms with Crippen LogP contribution in [0, 0.1) is 0 Å². The molecule has 42 heavy (non-hydrogen) atoms. The average molecular weight is 574 g/mol. The number of esters is 1. The maximum atomic E-state index is 13.9. The quantitative estimate of drug-likeness (QED) is 0.228. The van der Waals surface area contributed by atoms with Gasteiger partial charge in [-0.3, -0.25) is 19.5 Å². The highest BCUT2D eigenvalue weighted by Gasteiger charge is 2.43. The van der Waals surface area contributed by atoms with E-state index in [2.05, 4.69) is 34.0 Å². The Morgan fingerprint density at radius 2 is 1.76 bits per heavy atom. The van der Waals surface area contributed by atoms with E-state index in [0.29, 0.717) is 34.9 Å². The number of unbranched alkanes of at least 4 members (excludes halogenated alkanes) is 4. The summed E-state index contributed by atoms with van der Waals surface area (Å²) in [5.74, 6) is -1.01. The van der Waals surface area contributed by atoms with E-state index in [1.54, 1.807) is 12.1 Å². The fourth-order valence-electron chi connectivity index (χ4n) is 6.99. The van der Waals surface area contributed by atoms with Gasteiger partial charge in [-0.2, -0.15) is 0 Å². The fraction of sp³-hybridized carbons (Fsp3) is 0.545. The third kappa shape index (κ3) is 6.41. The highest BCUT2D eigenvalue weighted by molar-refractivity contribution is 5.94. The minimum Gasteiger partial charge on any atom is -0.465 e. The predicted molar refractivity (Wildman–Crippen MR) is 163 cm³/mol. The Morgan fingerprint density at radius 1 is 1.02 bits per heavy atom. The van der Waals surface area contributed by atoms with E-state index in [4.69, 9.17) is 4.74 Å². The largest absolute Gasteiger partial charge is 0.465 e. The summed E-state index contributed by atoms with van der Waals surface area (Å²) in [4.78, 5) is 50.4. The number of nitrogens with one attached hydrogen (secondary N) is 1. The van der Waals surface area contributed by atoms with Gasteiger partial charge in [0.05, 0.1) is 35.9 Å².